The Morgan fingerprint density at radius 1 is 1.25 bits per heavy atom. The number of ether oxygens (including phenoxy) is 1. The maximum Gasteiger partial charge on any atom is 0.162 e. The van der Waals surface area contributed by atoms with Crippen LogP contribution in [-0.4, -0.2) is 17.1 Å². The molecule has 0 spiro atoms. The molecule has 16 heavy (non-hydrogen) atoms. The van der Waals surface area contributed by atoms with Gasteiger partial charge in [-0.25, -0.2) is 9.97 Å². The first-order valence-corrected chi connectivity index (χ1v) is 5.83. The Labute approximate surface area is 96.2 Å². The fourth-order valence-corrected chi connectivity index (χ4v) is 2.44. The summed E-state index contributed by atoms with van der Waals surface area (Å²) in [6.07, 6.45) is 5.60. The van der Waals surface area contributed by atoms with Crippen LogP contribution in [-0.2, 0) is 10.3 Å². The number of nitrogens with two attached hydrogens (primary N) is 1. The fraction of sp³-hybridized carbons (Fsp3) is 0.667. The van der Waals surface area contributed by atoms with Crippen molar-refractivity contribution in [1.29, 1.82) is 0 Å². The highest BCUT2D eigenvalue weighted by atomic mass is 16.5. The van der Waals surface area contributed by atoms with Crippen LogP contribution < -0.4 is 5.73 Å². The minimum atomic E-state index is -0.307. The number of anilines is 1. The van der Waals surface area contributed by atoms with Gasteiger partial charge in [0, 0.05) is 18.9 Å². The molecular formula is C12H19N3O. The van der Waals surface area contributed by atoms with E-state index in [0.717, 1.165) is 24.4 Å². The van der Waals surface area contributed by atoms with E-state index in [1.165, 1.54) is 19.3 Å². The van der Waals surface area contributed by atoms with E-state index >= 15 is 0 Å². The summed E-state index contributed by atoms with van der Waals surface area (Å²) < 4.78 is 5.69. The number of aromatic nitrogens is 2. The predicted molar refractivity (Wildman–Crippen MR) is 63.0 cm³/mol. The summed E-state index contributed by atoms with van der Waals surface area (Å²) >= 11 is 0. The highest BCUT2D eigenvalue weighted by Gasteiger charge is 2.36. The zero-order valence-electron chi connectivity index (χ0n) is 9.99. The Balaban J connectivity index is 2.38. The first kappa shape index (κ1) is 11.3. The average Bonchev–Trinajstić information content (AvgIpc) is 2.28. The Kier molecular flexibility index (Phi) is 3.10. The summed E-state index contributed by atoms with van der Waals surface area (Å²) in [7, 11) is 1.74. The predicted octanol–water partition coefficient (Wildman–Crippen LogP) is 2.17. The average molecular weight is 221 g/mol. The van der Waals surface area contributed by atoms with E-state index < -0.39 is 0 Å². The van der Waals surface area contributed by atoms with Gasteiger partial charge in [0.15, 0.2) is 5.82 Å². The molecule has 0 aromatic carbocycles. The summed E-state index contributed by atoms with van der Waals surface area (Å²) in [5, 5.41) is 0. The SMILES string of the molecule is COC1(c2nc(C)cc(N)n2)CCCCC1. The summed E-state index contributed by atoms with van der Waals surface area (Å²) in [6.45, 7) is 1.94. The molecule has 0 aliphatic heterocycles. The van der Waals surface area contributed by atoms with Gasteiger partial charge in [0.05, 0.1) is 0 Å². The lowest BCUT2D eigenvalue weighted by molar-refractivity contribution is -0.0514. The van der Waals surface area contributed by atoms with Crippen LogP contribution in [0.3, 0.4) is 0 Å². The second-order valence-electron chi connectivity index (χ2n) is 4.52. The van der Waals surface area contributed by atoms with Crippen LogP contribution in [0.15, 0.2) is 6.07 Å². The minimum Gasteiger partial charge on any atom is -0.384 e. The molecule has 1 aliphatic carbocycles. The molecule has 0 bridgehead atoms. The highest BCUT2D eigenvalue weighted by molar-refractivity contribution is 5.30. The molecule has 1 aromatic heterocycles. The maximum atomic E-state index is 5.77. The number of hydrogen-bond donors (Lipinski definition) is 1. The highest BCUT2D eigenvalue weighted by Crippen LogP contribution is 2.38. The standard InChI is InChI=1S/C12H19N3O/c1-9-8-10(13)15-11(14-9)12(16-2)6-4-3-5-7-12/h8H,3-7H2,1-2H3,(H2,13,14,15). The molecule has 1 aliphatic rings. The molecule has 1 heterocycles. The second-order valence-corrected chi connectivity index (χ2v) is 4.52. The Morgan fingerprint density at radius 2 is 1.94 bits per heavy atom. The van der Waals surface area contributed by atoms with Gasteiger partial charge in [-0.15, -0.1) is 0 Å². The summed E-state index contributed by atoms with van der Waals surface area (Å²) in [6, 6.07) is 1.79. The van der Waals surface area contributed by atoms with Gasteiger partial charge in [0.25, 0.3) is 0 Å². The largest absolute Gasteiger partial charge is 0.384 e. The first-order valence-electron chi connectivity index (χ1n) is 5.83. The normalized spacial score (nSPS) is 19.6. The number of methoxy groups -OCH3 is 1. The summed E-state index contributed by atoms with van der Waals surface area (Å²) in [5.74, 6) is 1.29. The molecule has 1 aromatic rings. The Hall–Kier alpha value is -1.16. The third-order valence-corrected chi connectivity index (χ3v) is 3.33. The van der Waals surface area contributed by atoms with Crippen LogP contribution >= 0.6 is 0 Å². The molecule has 2 N–H and O–H groups in total. The number of rotatable bonds is 2. The van der Waals surface area contributed by atoms with Crippen LogP contribution in [0.4, 0.5) is 5.82 Å². The Bertz CT molecular complexity index is 352. The molecule has 0 amide bonds. The van der Waals surface area contributed by atoms with Crippen LogP contribution in [0.2, 0.25) is 0 Å². The zero-order valence-corrected chi connectivity index (χ0v) is 9.99. The van der Waals surface area contributed by atoms with Gasteiger partial charge in [-0.05, 0) is 19.8 Å². The monoisotopic (exact) mass is 221 g/mol. The molecule has 1 saturated carbocycles. The smallest absolute Gasteiger partial charge is 0.162 e. The van der Waals surface area contributed by atoms with Crippen molar-refractivity contribution in [2.75, 3.05) is 12.8 Å². The van der Waals surface area contributed by atoms with Gasteiger partial charge in [-0.3, -0.25) is 0 Å². The lowest BCUT2D eigenvalue weighted by Crippen LogP contribution is -2.33. The molecule has 4 nitrogen and oxygen atoms in total. The molecule has 1 fully saturated rings. The molecule has 0 unspecified atom stereocenters. The van der Waals surface area contributed by atoms with E-state index in [1.807, 2.05) is 6.92 Å². The number of aryl methyl sites for hydroxylation is 1. The second kappa shape index (κ2) is 4.37. The number of nitrogen functional groups attached to an aromatic ring is 1. The lowest BCUT2D eigenvalue weighted by atomic mass is 9.84. The zero-order chi connectivity index (χ0) is 11.6. The van der Waals surface area contributed by atoms with E-state index in [0.29, 0.717) is 5.82 Å². The molecule has 88 valence electrons. The Morgan fingerprint density at radius 3 is 2.50 bits per heavy atom. The summed E-state index contributed by atoms with van der Waals surface area (Å²) in [5.41, 5.74) is 6.37. The summed E-state index contributed by atoms with van der Waals surface area (Å²) in [4.78, 5) is 8.83. The van der Waals surface area contributed by atoms with Gasteiger partial charge in [0.2, 0.25) is 0 Å². The number of nitrogens with zero attached hydrogens (tertiary/aromatic N) is 2. The van der Waals surface area contributed by atoms with Gasteiger partial charge >= 0.3 is 0 Å². The third-order valence-electron chi connectivity index (χ3n) is 3.33. The third kappa shape index (κ3) is 2.02. The van der Waals surface area contributed by atoms with Crippen molar-refractivity contribution in [2.24, 2.45) is 0 Å². The van der Waals surface area contributed by atoms with E-state index in [1.54, 1.807) is 13.2 Å². The van der Waals surface area contributed by atoms with Crippen molar-refractivity contribution in [3.05, 3.63) is 17.6 Å². The van der Waals surface area contributed by atoms with Crippen molar-refractivity contribution in [3.8, 4) is 0 Å². The van der Waals surface area contributed by atoms with Crippen LogP contribution in [0.5, 0.6) is 0 Å². The van der Waals surface area contributed by atoms with E-state index in [4.69, 9.17) is 10.5 Å². The van der Waals surface area contributed by atoms with Crippen molar-refractivity contribution < 1.29 is 4.74 Å². The van der Waals surface area contributed by atoms with Gasteiger partial charge in [0.1, 0.15) is 11.4 Å². The van der Waals surface area contributed by atoms with Crippen LogP contribution in [0.25, 0.3) is 0 Å². The molecule has 4 heteroatoms. The first-order chi connectivity index (χ1) is 7.66. The van der Waals surface area contributed by atoms with Crippen molar-refractivity contribution in [2.45, 2.75) is 44.6 Å². The number of hydrogen-bond acceptors (Lipinski definition) is 4. The van der Waals surface area contributed by atoms with E-state index in [-0.39, 0.29) is 5.60 Å². The van der Waals surface area contributed by atoms with Crippen LogP contribution in [0.1, 0.15) is 43.6 Å². The van der Waals surface area contributed by atoms with Crippen molar-refractivity contribution in [1.82, 2.24) is 9.97 Å². The van der Waals surface area contributed by atoms with E-state index in [9.17, 15) is 0 Å². The van der Waals surface area contributed by atoms with Gasteiger partial charge in [-0.2, -0.15) is 0 Å². The molecule has 2 rings (SSSR count). The molecule has 0 saturated heterocycles. The van der Waals surface area contributed by atoms with Crippen molar-refractivity contribution >= 4 is 5.82 Å². The molecule has 0 atom stereocenters. The van der Waals surface area contributed by atoms with Crippen molar-refractivity contribution in [3.63, 3.8) is 0 Å². The van der Waals surface area contributed by atoms with E-state index in [2.05, 4.69) is 9.97 Å². The van der Waals surface area contributed by atoms with Gasteiger partial charge in [-0.1, -0.05) is 19.3 Å². The molecule has 0 radical (unpaired) electrons. The topological polar surface area (TPSA) is 61.0 Å². The fourth-order valence-electron chi connectivity index (χ4n) is 2.44. The maximum absolute atomic E-state index is 5.77. The lowest BCUT2D eigenvalue weighted by Gasteiger charge is -2.34. The van der Waals surface area contributed by atoms with Crippen LogP contribution in [0, 0.1) is 6.92 Å². The minimum absolute atomic E-state index is 0.307. The van der Waals surface area contributed by atoms with Gasteiger partial charge < -0.3 is 10.5 Å². The molecular weight excluding hydrogens is 202 g/mol. The quantitative estimate of drug-likeness (QED) is 0.831.